The molecule has 4 nitrogen and oxygen atoms in total. The molecule has 3 aromatic rings. The molecule has 3 aromatic carbocycles. The van der Waals surface area contributed by atoms with E-state index in [-0.39, 0.29) is 5.75 Å². The second kappa shape index (κ2) is 8.73. The molecule has 0 bridgehead atoms. The van der Waals surface area contributed by atoms with Gasteiger partial charge in [0.15, 0.2) is 0 Å². The Morgan fingerprint density at radius 1 is 0.778 bits per heavy atom. The van der Waals surface area contributed by atoms with E-state index in [2.05, 4.69) is 35.2 Å². The van der Waals surface area contributed by atoms with E-state index in [4.69, 9.17) is 0 Å². The van der Waals surface area contributed by atoms with Crippen LogP contribution in [0.15, 0.2) is 78.9 Å². The molecule has 140 valence electrons. The highest BCUT2D eigenvalue weighted by Crippen LogP contribution is 2.16. The third kappa shape index (κ3) is 6.15. The van der Waals surface area contributed by atoms with E-state index in [0.29, 0.717) is 12.1 Å². The van der Waals surface area contributed by atoms with Crippen molar-refractivity contribution in [3.8, 4) is 0 Å². The van der Waals surface area contributed by atoms with Crippen LogP contribution in [0.25, 0.3) is 0 Å². The minimum atomic E-state index is -3.38. The fraction of sp³-hybridized carbons (Fsp3) is 0.182. The monoisotopic (exact) mass is 380 g/mol. The van der Waals surface area contributed by atoms with Gasteiger partial charge in [-0.3, -0.25) is 4.72 Å². The van der Waals surface area contributed by atoms with Crippen LogP contribution in [0.4, 0.5) is 11.4 Å². The molecule has 0 fully saturated rings. The Hall–Kier alpha value is -2.79. The van der Waals surface area contributed by atoms with E-state index in [1.54, 1.807) is 12.1 Å². The van der Waals surface area contributed by atoms with Gasteiger partial charge >= 0.3 is 0 Å². The maximum Gasteiger partial charge on any atom is 0.233 e. The normalized spacial score (nSPS) is 11.1. The molecule has 2 N–H and O–H groups in total. The van der Waals surface area contributed by atoms with Gasteiger partial charge in [0, 0.05) is 17.9 Å². The van der Waals surface area contributed by atoms with E-state index >= 15 is 0 Å². The van der Waals surface area contributed by atoms with Gasteiger partial charge in [-0.1, -0.05) is 60.2 Å². The number of sulfonamides is 1. The summed E-state index contributed by atoms with van der Waals surface area (Å²) < 4.78 is 27.2. The Bertz CT molecular complexity index is 969. The molecule has 0 heterocycles. The second-order valence-corrected chi connectivity index (χ2v) is 8.42. The highest BCUT2D eigenvalue weighted by molar-refractivity contribution is 7.92. The van der Waals surface area contributed by atoms with Gasteiger partial charge in [-0.05, 0) is 48.7 Å². The quantitative estimate of drug-likeness (QED) is 0.601. The van der Waals surface area contributed by atoms with Crippen LogP contribution in [0.1, 0.15) is 16.7 Å². The van der Waals surface area contributed by atoms with Crippen molar-refractivity contribution in [2.75, 3.05) is 15.8 Å². The van der Waals surface area contributed by atoms with Crippen molar-refractivity contribution in [1.82, 2.24) is 0 Å². The first kappa shape index (κ1) is 19.0. The average Bonchev–Trinajstić information content (AvgIpc) is 2.67. The molecule has 3 rings (SSSR count). The van der Waals surface area contributed by atoms with Gasteiger partial charge in [0.05, 0.1) is 5.75 Å². The number of hydrogen-bond donors (Lipinski definition) is 2. The standard InChI is InChI=1S/C22H24N2O2S/c1-18-6-5-9-20(16-18)17-23-21-10-12-22(13-11-21)24-27(25,26)15-14-19-7-3-2-4-8-19/h2-13,16,23-24H,14-15,17H2,1H3. The summed E-state index contributed by atoms with van der Waals surface area (Å²) in [7, 11) is -3.38. The number of hydrogen-bond acceptors (Lipinski definition) is 3. The first-order chi connectivity index (χ1) is 13.0. The van der Waals surface area contributed by atoms with Crippen molar-refractivity contribution in [2.45, 2.75) is 19.9 Å². The molecule has 0 aliphatic rings. The van der Waals surface area contributed by atoms with E-state index in [9.17, 15) is 8.42 Å². The molecule has 0 saturated heterocycles. The molecule has 0 aromatic heterocycles. The maximum absolute atomic E-state index is 12.3. The smallest absolute Gasteiger partial charge is 0.233 e. The number of aryl methyl sites for hydroxylation is 2. The summed E-state index contributed by atoms with van der Waals surface area (Å²) in [5, 5.41) is 3.35. The Balaban J connectivity index is 1.53. The van der Waals surface area contributed by atoms with Gasteiger partial charge in [-0.15, -0.1) is 0 Å². The van der Waals surface area contributed by atoms with Crippen LogP contribution >= 0.6 is 0 Å². The zero-order valence-corrected chi connectivity index (χ0v) is 16.2. The third-order valence-electron chi connectivity index (χ3n) is 4.24. The summed E-state index contributed by atoms with van der Waals surface area (Å²) >= 11 is 0. The Kier molecular flexibility index (Phi) is 6.14. The van der Waals surface area contributed by atoms with Crippen LogP contribution < -0.4 is 10.0 Å². The van der Waals surface area contributed by atoms with Gasteiger partial charge in [0.1, 0.15) is 0 Å². The predicted octanol–water partition coefficient (Wildman–Crippen LogP) is 4.59. The topological polar surface area (TPSA) is 58.2 Å². The summed E-state index contributed by atoms with van der Waals surface area (Å²) in [6.07, 6.45) is 0.492. The molecular weight excluding hydrogens is 356 g/mol. The molecule has 0 amide bonds. The SMILES string of the molecule is Cc1cccc(CNc2ccc(NS(=O)(=O)CCc3ccccc3)cc2)c1. The van der Waals surface area contributed by atoms with E-state index in [1.165, 1.54) is 11.1 Å². The lowest BCUT2D eigenvalue weighted by molar-refractivity contribution is 0.600. The predicted molar refractivity (Wildman–Crippen MR) is 113 cm³/mol. The Labute approximate surface area is 161 Å². The van der Waals surface area contributed by atoms with Crippen molar-refractivity contribution in [3.05, 3.63) is 95.6 Å². The molecule has 0 aliphatic heterocycles. The highest BCUT2D eigenvalue weighted by Gasteiger charge is 2.10. The summed E-state index contributed by atoms with van der Waals surface area (Å²) in [5.74, 6) is 0.0599. The number of benzene rings is 3. The Morgan fingerprint density at radius 2 is 1.44 bits per heavy atom. The van der Waals surface area contributed by atoms with Gasteiger partial charge in [0.2, 0.25) is 10.0 Å². The zero-order valence-electron chi connectivity index (χ0n) is 15.4. The first-order valence-corrected chi connectivity index (χ1v) is 10.6. The number of anilines is 2. The number of rotatable bonds is 8. The lowest BCUT2D eigenvalue weighted by Crippen LogP contribution is -2.18. The molecular formula is C22H24N2O2S. The lowest BCUT2D eigenvalue weighted by atomic mass is 10.1. The van der Waals surface area contributed by atoms with Crippen molar-refractivity contribution < 1.29 is 8.42 Å². The van der Waals surface area contributed by atoms with E-state index in [1.807, 2.05) is 48.5 Å². The van der Waals surface area contributed by atoms with E-state index in [0.717, 1.165) is 17.8 Å². The van der Waals surface area contributed by atoms with Crippen molar-refractivity contribution >= 4 is 21.4 Å². The second-order valence-electron chi connectivity index (χ2n) is 6.58. The molecule has 0 radical (unpaired) electrons. The molecule has 0 atom stereocenters. The van der Waals surface area contributed by atoms with Crippen LogP contribution in [-0.2, 0) is 23.0 Å². The molecule has 0 unspecified atom stereocenters. The van der Waals surface area contributed by atoms with Crippen LogP contribution in [0.2, 0.25) is 0 Å². The van der Waals surface area contributed by atoms with Crippen molar-refractivity contribution in [2.24, 2.45) is 0 Å². The highest BCUT2D eigenvalue weighted by atomic mass is 32.2. The van der Waals surface area contributed by atoms with Gasteiger partial charge < -0.3 is 5.32 Å². The molecule has 5 heteroatoms. The summed E-state index contributed by atoms with van der Waals surface area (Å²) in [4.78, 5) is 0. The van der Waals surface area contributed by atoms with E-state index < -0.39 is 10.0 Å². The van der Waals surface area contributed by atoms with Crippen LogP contribution in [0.3, 0.4) is 0 Å². The third-order valence-corrected chi connectivity index (χ3v) is 5.53. The van der Waals surface area contributed by atoms with Crippen molar-refractivity contribution in [3.63, 3.8) is 0 Å². The van der Waals surface area contributed by atoms with Gasteiger partial charge in [0.25, 0.3) is 0 Å². The van der Waals surface area contributed by atoms with Crippen LogP contribution in [-0.4, -0.2) is 14.2 Å². The summed E-state index contributed by atoms with van der Waals surface area (Å²) in [6, 6.07) is 25.3. The van der Waals surface area contributed by atoms with Crippen LogP contribution in [0, 0.1) is 6.92 Å². The first-order valence-electron chi connectivity index (χ1n) is 8.94. The maximum atomic E-state index is 12.3. The largest absolute Gasteiger partial charge is 0.381 e. The molecule has 27 heavy (non-hydrogen) atoms. The molecule has 0 spiro atoms. The number of nitrogens with one attached hydrogen (secondary N) is 2. The van der Waals surface area contributed by atoms with Gasteiger partial charge in [-0.25, -0.2) is 8.42 Å². The minimum Gasteiger partial charge on any atom is -0.381 e. The average molecular weight is 381 g/mol. The fourth-order valence-electron chi connectivity index (χ4n) is 2.81. The molecule has 0 saturated carbocycles. The van der Waals surface area contributed by atoms with Gasteiger partial charge in [-0.2, -0.15) is 0 Å². The zero-order chi connectivity index (χ0) is 19.1. The fourth-order valence-corrected chi connectivity index (χ4v) is 3.91. The Morgan fingerprint density at radius 3 is 2.15 bits per heavy atom. The summed E-state index contributed by atoms with van der Waals surface area (Å²) in [6.45, 7) is 2.80. The summed E-state index contributed by atoms with van der Waals surface area (Å²) in [5.41, 5.74) is 4.97. The minimum absolute atomic E-state index is 0.0599. The van der Waals surface area contributed by atoms with Crippen molar-refractivity contribution in [1.29, 1.82) is 0 Å². The molecule has 0 aliphatic carbocycles. The van der Waals surface area contributed by atoms with Crippen LogP contribution in [0.5, 0.6) is 0 Å². The lowest BCUT2D eigenvalue weighted by Gasteiger charge is -2.10.